The van der Waals surface area contributed by atoms with Gasteiger partial charge in [0.25, 0.3) is 0 Å². The molecule has 0 aromatic heterocycles. The van der Waals surface area contributed by atoms with Gasteiger partial charge in [-0.25, -0.2) is 0 Å². The quantitative estimate of drug-likeness (QED) is 0.400. The Hall–Kier alpha value is 0.470. The lowest BCUT2D eigenvalue weighted by atomic mass is 10.1. The van der Waals surface area contributed by atoms with Gasteiger partial charge in [0.2, 0.25) is 0 Å². The van der Waals surface area contributed by atoms with Gasteiger partial charge in [0.05, 0.1) is 0 Å². The molecule has 0 rings (SSSR count). The van der Waals surface area contributed by atoms with Crippen molar-refractivity contribution in [3.8, 4) is 0 Å². The van der Waals surface area contributed by atoms with Crippen LogP contribution in [0, 0.1) is 5.92 Å². The monoisotopic (exact) mass is 238 g/mol. The maximum atomic E-state index is 2.44. The van der Waals surface area contributed by atoms with Crippen molar-refractivity contribution in [2.45, 2.75) is 26.7 Å². The Kier molecular flexibility index (Phi) is 6.93. The zero-order chi connectivity index (χ0) is 7.11. The topological polar surface area (TPSA) is 0 Å². The molecule has 0 saturated carbocycles. The van der Waals surface area contributed by atoms with E-state index in [9.17, 15) is 0 Å². The molecule has 0 saturated heterocycles. The van der Waals surface area contributed by atoms with Crippen LogP contribution in [0.2, 0.25) is 0 Å². The fourth-order valence-corrected chi connectivity index (χ4v) is 1.54. The molecule has 1 atom stereocenters. The Morgan fingerprint density at radius 2 is 2.11 bits per heavy atom. The Morgan fingerprint density at radius 3 is 2.44 bits per heavy atom. The van der Waals surface area contributed by atoms with E-state index in [1.54, 1.807) is 0 Å². The molecule has 0 nitrogen and oxygen atoms in total. The summed E-state index contributed by atoms with van der Waals surface area (Å²) in [4.78, 5) is 0. The predicted molar refractivity (Wildman–Crippen MR) is 52.1 cm³/mol. The molecule has 1 heteroatoms. The molecule has 0 amide bonds. The highest BCUT2D eigenvalue weighted by Crippen LogP contribution is 2.08. The highest BCUT2D eigenvalue weighted by molar-refractivity contribution is 14.1. The minimum Gasteiger partial charge on any atom is -0.0885 e. The molecule has 0 aromatic rings. The summed E-state index contributed by atoms with van der Waals surface area (Å²) in [5.41, 5.74) is 0. The normalized spacial score (nSPS) is 14.6. The molecule has 0 bridgehead atoms. The van der Waals surface area contributed by atoms with E-state index in [0.29, 0.717) is 0 Å². The van der Waals surface area contributed by atoms with Gasteiger partial charge in [0.1, 0.15) is 0 Å². The van der Waals surface area contributed by atoms with E-state index >= 15 is 0 Å². The number of hydrogen-bond donors (Lipinski definition) is 0. The van der Waals surface area contributed by atoms with Crippen molar-refractivity contribution in [1.29, 1.82) is 0 Å². The average molecular weight is 238 g/mol. The highest BCUT2D eigenvalue weighted by Gasteiger charge is 1.95. The molecule has 0 fully saturated rings. The lowest BCUT2D eigenvalue weighted by Gasteiger charge is -2.02. The van der Waals surface area contributed by atoms with Gasteiger partial charge in [-0.1, -0.05) is 48.6 Å². The zero-order valence-corrected chi connectivity index (χ0v) is 8.39. The van der Waals surface area contributed by atoms with Gasteiger partial charge in [0, 0.05) is 4.43 Å². The van der Waals surface area contributed by atoms with Crippen molar-refractivity contribution < 1.29 is 0 Å². The summed E-state index contributed by atoms with van der Waals surface area (Å²) in [5.74, 6) is 0.811. The summed E-state index contributed by atoms with van der Waals surface area (Å²) in [7, 11) is 0. The fraction of sp³-hybridized carbons (Fsp3) is 0.750. The van der Waals surface area contributed by atoms with Crippen LogP contribution in [0.3, 0.4) is 0 Å². The molecule has 54 valence electrons. The Bertz CT molecular complexity index is 72.6. The molecule has 0 aliphatic heterocycles. The summed E-state index contributed by atoms with van der Waals surface area (Å²) in [6.45, 7) is 4.42. The lowest BCUT2D eigenvalue weighted by molar-refractivity contribution is 0.717. The van der Waals surface area contributed by atoms with Gasteiger partial charge < -0.3 is 0 Å². The van der Waals surface area contributed by atoms with Crippen molar-refractivity contribution in [2.75, 3.05) is 4.43 Å². The molecular weight excluding hydrogens is 223 g/mol. The molecule has 0 spiro atoms. The van der Waals surface area contributed by atoms with Crippen LogP contribution >= 0.6 is 22.6 Å². The summed E-state index contributed by atoms with van der Waals surface area (Å²) >= 11 is 2.44. The summed E-state index contributed by atoms with van der Waals surface area (Å²) in [6, 6.07) is 0. The summed E-state index contributed by atoms with van der Waals surface area (Å²) in [6.07, 6.45) is 7.03. The number of halogens is 1. The second kappa shape index (κ2) is 6.59. The van der Waals surface area contributed by atoms with E-state index in [0.717, 1.165) is 5.92 Å². The SMILES string of the molecule is CC/C=C/[C@H](CC)CI. The zero-order valence-electron chi connectivity index (χ0n) is 6.23. The van der Waals surface area contributed by atoms with Gasteiger partial charge in [-0.3, -0.25) is 0 Å². The van der Waals surface area contributed by atoms with E-state index < -0.39 is 0 Å². The third kappa shape index (κ3) is 4.94. The standard InChI is InChI=1S/C8H15I/c1-3-5-6-8(4-2)7-9/h5-6,8H,3-4,7H2,1-2H3/b6-5+/t8-/m0/s1. The minimum atomic E-state index is 0.811. The van der Waals surface area contributed by atoms with Gasteiger partial charge in [-0.15, -0.1) is 0 Å². The maximum Gasteiger partial charge on any atom is 0.00582 e. The van der Waals surface area contributed by atoms with Crippen LogP contribution in [-0.2, 0) is 0 Å². The first-order chi connectivity index (χ1) is 4.35. The van der Waals surface area contributed by atoms with Crippen LogP contribution < -0.4 is 0 Å². The smallest absolute Gasteiger partial charge is 0.00582 e. The number of hydrogen-bond acceptors (Lipinski definition) is 0. The van der Waals surface area contributed by atoms with Gasteiger partial charge in [-0.05, 0) is 18.8 Å². The van der Waals surface area contributed by atoms with Crippen molar-refractivity contribution in [3.05, 3.63) is 12.2 Å². The van der Waals surface area contributed by atoms with E-state index in [4.69, 9.17) is 0 Å². The number of allylic oxidation sites excluding steroid dienone is 2. The van der Waals surface area contributed by atoms with Crippen molar-refractivity contribution in [2.24, 2.45) is 5.92 Å². The number of rotatable bonds is 4. The molecule has 0 radical (unpaired) electrons. The fourth-order valence-electron chi connectivity index (χ4n) is 0.625. The largest absolute Gasteiger partial charge is 0.0885 e. The van der Waals surface area contributed by atoms with Crippen molar-refractivity contribution in [3.63, 3.8) is 0 Å². The van der Waals surface area contributed by atoms with Crippen LogP contribution in [0.15, 0.2) is 12.2 Å². The maximum absolute atomic E-state index is 2.44. The minimum absolute atomic E-state index is 0.811. The van der Waals surface area contributed by atoms with Gasteiger partial charge in [-0.2, -0.15) is 0 Å². The van der Waals surface area contributed by atoms with Crippen LogP contribution in [-0.4, -0.2) is 4.43 Å². The third-order valence-corrected chi connectivity index (χ3v) is 2.50. The van der Waals surface area contributed by atoms with E-state index in [2.05, 4.69) is 48.6 Å². The number of alkyl halides is 1. The Morgan fingerprint density at radius 1 is 1.44 bits per heavy atom. The molecule has 0 heterocycles. The molecule has 0 N–H and O–H groups in total. The molecule has 9 heavy (non-hydrogen) atoms. The van der Waals surface area contributed by atoms with Crippen molar-refractivity contribution in [1.82, 2.24) is 0 Å². The molecule has 0 aliphatic rings. The summed E-state index contributed by atoms with van der Waals surface area (Å²) in [5, 5.41) is 0. The van der Waals surface area contributed by atoms with Crippen molar-refractivity contribution >= 4 is 22.6 Å². The third-order valence-electron chi connectivity index (χ3n) is 1.37. The molecule has 0 aromatic carbocycles. The summed E-state index contributed by atoms with van der Waals surface area (Å²) < 4.78 is 1.25. The van der Waals surface area contributed by atoms with Gasteiger partial charge in [0.15, 0.2) is 0 Å². The second-order valence-electron chi connectivity index (χ2n) is 2.16. The first-order valence-corrected chi connectivity index (χ1v) is 5.10. The van der Waals surface area contributed by atoms with E-state index in [1.165, 1.54) is 17.3 Å². The lowest BCUT2D eigenvalue weighted by Crippen LogP contribution is -1.93. The molecule has 0 aliphatic carbocycles. The van der Waals surface area contributed by atoms with Crippen LogP contribution in [0.1, 0.15) is 26.7 Å². The van der Waals surface area contributed by atoms with Crippen LogP contribution in [0.5, 0.6) is 0 Å². The van der Waals surface area contributed by atoms with Crippen LogP contribution in [0.25, 0.3) is 0 Å². The predicted octanol–water partition coefficient (Wildman–Crippen LogP) is 3.41. The Balaban J connectivity index is 3.41. The molecule has 0 unspecified atom stereocenters. The Labute approximate surface area is 71.9 Å². The average Bonchev–Trinajstić information content (AvgIpc) is 1.91. The second-order valence-corrected chi connectivity index (χ2v) is 3.04. The van der Waals surface area contributed by atoms with Crippen LogP contribution in [0.4, 0.5) is 0 Å². The van der Waals surface area contributed by atoms with E-state index in [1.807, 2.05) is 0 Å². The first-order valence-electron chi connectivity index (χ1n) is 3.57. The van der Waals surface area contributed by atoms with Gasteiger partial charge >= 0.3 is 0 Å². The highest BCUT2D eigenvalue weighted by atomic mass is 127. The molecular formula is C8H15I. The first kappa shape index (κ1) is 9.47. The van der Waals surface area contributed by atoms with E-state index in [-0.39, 0.29) is 0 Å².